The molecule has 0 saturated carbocycles. The fraction of sp³-hybridized carbons (Fsp3) is 0.364. The summed E-state index contributed by atoms with van der Waals surface area (Å²) in [5, 5.41) is 0. The fourth-order valence-corrected chi connectivity index (χ4v) is 6.32. The maximum atomic E-state index is 13.5. The van der Waals surface area contributed by atoms with Crippen LogP contribution in [0.2, 0.25) is 0 Å². The quantitative estimate of drug-likeness (QED) is 0.255. The second-order valence-corrected chi connectivity index (χ2v) is 12.4. The Morgan fingerprint density at radius 2 is 1.69 bits per heavy atom. The van der Waals surface area contributed by atoms with Crippen LogP contribution in [0.15, 0.2) is 42.7 Å². The average Bonchev–Trinajstić information content (AvgIpc) is 3.43. The summed E-state index contributed by atoms with van der Waals surface area (Å²) in [5.41, 5.74) is -10.6. The second kappa shape index (κ2) is 8.84. The molecule has 39 heavy (non-hydrogen) atoms. The first-order chi connectivity index (χ1) is 18.0. The summed E-state index contributed by atoms with van der Waals surface area (Å²) >= 11 is 0. The van der Waals surface area contributed by atoms with Crippen LogP contribution < -0.4 is 4.18 Å². The lowest BCUT2D eigenvalue weighted by molar-refractivity contribution is -0.0500. The van der Waals surface area contributed by atoms with Gasteiger partial charge in [-0.1, -0.05) is 6.07 Å². The van der Waals surface area contributed by atoms with Crippen molar-refractivity contribution in [2.75, 3.05) is 6.54 Å². The molecule has 0 spiro atoms. The monoisotopic (exact) mass is 597 g/mol. The molecule has 1 saturated heterocycles. The molecule has 2 heterocycles. The molecule has 0 unspecified atom stereocenters. The average molecular weight is 598 g/mol. The van der Waals surface area contributed by atoms with Crippen molar-refractivity contribution in [2.24, 2.45) is 0 Å². The highest BCUT2D eigenvalue weighted by Gasteiger charge is 2.49. The molecule has 2 aromatic carbocycles. The predicted octanol–water partition coefficient (Wildman–Crippen LogP) is 3.91. The van der Waals surface area contributed by atoms with Gasteiger partial charge in [0.25, 0.3) is 5.91 Å². The topological polar surface area (TPSA) is 116 Å². The third-order valence-electron chi connectivity index (χ3n) is 6.79. The summed E-state index contributed by atoms with van der Waals surface area (Å²) in [6.45, 7) is 0.262. The highest BCUT2D eigenvalue weighted by Crippen LogP contribution is 2.44. The van der Waals surface area contributed by atoms with Crippen LogP contribution in [0.5, 0.6) is 5.75 Å². The number of aromatic nitrogens is 2. The normalized spacial score (nSPS) is 20.1. The number of hydrogen-bond donors (Lipinski definition) is 0. The van der Waals surface area contributed by atoms with Crippen molar-refractivity contribution in [1.82, 2.24) is 13.9 Å². The first-order valence-corrected chi connectivity index (χ1v) is 14.1. The van der Waals surface area contributed by atoms with Gasteiger partial charge in [-0.15, -0.1) is 0 Å². The predicted molar refractivity (Wildman–Crippen MR) is 123 cm³/mol. The van der Waals surface area contributed by atoms with Gasteiger partial charge in [0.05, 0.1) is 11.0 Å². The Balaban J connectivity index is 1.44. The standard InChI is InChI=1S/C22H17F6N3O6S2/c23-21(24,25)38(33,34)31-11-29-17-6-4-13(9-19(17)31)20(32)30-7-1-2-15-16-10-14(5-3-12(16)8-18(15)30)37-39(35,36)22(26,27)28/h3-6,9-11,15,18H,1-2,7-8H2/t15-,18+/m1/s1. The van der Waals surface area contributed by atoms with Crippen molar-refractivity contribution < 1.29 is 52.2 Å². The Morgan fingerprint density at radius 3 is 2.36 bits per heavy atom. The zero-order valence-corrected chi connectivity index (χ0v) is 21.0. The first kappa shape index (κ1) is 27.2. The Bertz CT molecular complexity index is 1700. The van der Waals surface area contributed by atoms with Gasteiger partial charge in [-0.2, -0.15) is 43.2 Å². The summed E-state index contributed by atoms with van der Waals surface area (Å²) in [5.74, 6) is -1.48. The molecule has 1 aliphatic heterocycles. The number of amides is 1. The zero-order chi connectivity index (χ0) is 28.5. The van der Waals surface area contributed by atoms with Crippen molar-refractivity contribution in [3.05, 3.63) is 59.4 Å². The molecule has 5 rings (SSSR count). The van der Waals surface area contributed by atoms with Gasteiger partial charge in [0.15, 0.2) is 0 Å². The number of likely N-dealkylation sites (tertiary alicyclic amines) is 1. The third-order valence-corrected chi connectivity index (χ3v) is 9.16. The molecule has 2 atom stereocenters. The van der Waals surface area contributed by atoms with Crippen LogP contribution >= 0.6 is 0 Å². The molecule has 0 radical (unpaired) electrons. The highest BCUT2D eigenvalue weighted by molar-refractivity contribution is 7.91. The number of carbonyl (C=O) groups is 1. The van der Waals surface area contributed by atoms with Gasteiger partial charge in [-0.05, 0) is 60.7 Å². The Morgan fingerprint density at radius 1 is 0.974 bits per heavy atom. The number of benzene rings is 2. The summed E-state index contributed by atoms with van der Waals surface area (Å²) in [6.07, 6.45) is 1.80. The number of nitrogens with zero attached hydrogens (tertiary/aromatic N) is 3. The van der Waals surface area contributed by atoms with Crippen molar-refractivity contribution in [3.8, 4) is 5.75 Å². The molecule has 0 N–H and O–H groups in total. The number of hydrogen-bond acceptors (Lipinski definition) is 7. The third kappa shape index (κ3) is 4.50. The van der Waals surface area contributed by atoms with Crippen molar-refractivity contribution in [1.29, 1.82) is 0 Å². The number of rotatable bonds is 4. The summed E-state index contributed by atoms with van der Waals surface area (Å²) in [7, 11) is -11.7. The minimum atomic E-state index is -5.88. The zero-order valence-electron chi connectivity index (χ0n) is 19.4. The van der Waals surface area contributed by atoms with Crippen LogP contribution in [0.3, 0.4) is 0 Å². The van der Waals surface area contributed by atoms with Crippen LogP contribution in [-0.2, 0) is 26.6 Å². The van der Waals surface area contributed by atoms with E-state index in [4.69, 9.17) is 0 Å². The van der Waals surface area contributed by atoms with E-state index in [0.29, 0.717) is 36.7 Å². The van der Waals surface area contributed by atoms with Crippen LogP contribution in [0, 0.1) is 0 Å². The highest BCUT2D eigenvalue weighted by atomic mass is 32.2. The lowest BCUT2D eigenvalue weighted by atomic mass is 9.88. The van der Waals surface area contributed by atoms with Crippen molar-refractivity contribution >= 4 is 37.1 Å². The maximum Gasteiger partial charge on any atom is 0.534 e. The van der Waals surface area contributed by atoms with Gasteiger partial charge in [0.1, 0.15) is 12.1 Å². The van der Waals surface area contributed by atoms with E-state index < -0.39 is 54.4 Å². The number of piperidine rings is 1. The number of carbonyl (C=O) groups excluding carboxylic acids is 1. The molecule has 1 aromatic heterocycles. The second-order valence-electron chi connectivity index (χ2n) is 9.06. The van der Waals surface area contributed by atoms with E-state index >= 15 is 0 Å². The Hall–Kier alpha value is -3.34. The van der Waals surface area contributed by atoms with Crippen molar-refractivity contribution in [2.45, 2.75) is 42.2 Å². The van der Waals surface area contributed by atoms with E-state index in [0.717, 1.165) is 12.1 Å². The molecule has 3 aromatic rings. The first-order valence-electron chi connectivity index (χ1n) is 11.2. The molecule has 0 bridgehead atoms. The Kier molecular flexibility index (Phi) is 6.17. The van der Waals surface area contributed by atoms with Crippen LogP contribution in [0.25, 0.3) is 11.0 Å². The number of imidazole rings is 1. The van der Waals surface area contributed by atoms with Crippen LogP contribution in [0.1, 0.15) is 40.2 Å². The van der Waals surface area contributed by atoms with Gasteiger partial charge < -0.3 is 9.08 Å². The smallest absolute Gasteiger partial charge is 0.376 e. The molecular weight excluding hydrogens is 580 g/mol. The summed E-state index contributed by atoms with van der Waals surface area (Å²) in [6, 6.07) is 6.77. The molecular formula is C22H17F6N3O6S2. The van der Waals surface area contributed by atoms with Gasteiger partial charge >= 0.3 is 31.2 Å². The minimum Gasteiger partial charge on any atom is -0.376 e. The fourth-order valence-electron chi connectivity index (χ4n) is 5.07. The molecule has 9 nitrogen and oxygen atoms in total. The van der Waals surface area contributed by atoms with Gasteiger partial charge in [-0.25, -0.2) is 8.96 Å². The lowest BCUT2D eigenvalue weighted by Gasteiger charge is -2.38. The molecule has 1 aliphatic carbocycles. The van der Waals surface area contributed by atoms with Crippen LogP contribution in [-0.4, -0.2) is 60.2 Å². The molecule has 2 aliphatic rings. The van der Waals surface area contributed by atoms with E-state index in [9.17, 15) is 48.0 Å². The molecule has 210 valence electrons. The van der Waals surface area contributed by atoms with E-state index in [1.807, 2.05) is 0 Å². The van der Waals surface area contributed by atoms with Crippen LogP contribution in [0.4, 0.5) is 26.3 Å². The van der Waals surface area contributed by atoms with Gasteiger partial charge in [0, 0.05) is 24.1 Å². The Labute approximate surface area is 217 Å². The number of halogens is 6. The maximum absolute atomic E-state index is 13.5. The van der Waals surface area contributed by atoms with E-state index in [1.165, 1.54) is 29.2 Å². The number of fused-ring (bicyclic) bond motifs is 4. The summed E-state index contributed by atoms with van der Waals surface area (Å²) < 4.78 is 128. The molecule has 1 amide bonds. The van der Waals surface area contributed by atoms with E-state index in [1.54, 1.807) is 0 Å². The van der Waals surface area contributed by atoms with E-state index in [2.05, 4.69) is 9.17 Å². The van der Waals surface area contributed by atoms with E-state index in [-0.39, 0.29) is 27.5 Å². The van der Waals surface area contributed by atoms with Gasteiger partial charge in [-0.3, -0.25) is 4.79 Å². The number of alkyl halides is 6. The minimum absolute atomic E-state index is 0.0416. The largest absolute Gasteiger partial charge is 0.534 e. The molecule has 17 heteroatoms. The summed E-state index contributed by atoms with van der Waals surface area (Å²) in [4.78, 5) is 18.6. The lowest BCUT2D eigenvalue weighted by Crippen LogP contribution is -2.46. The van der Waals surface area contributed by atoms with Crippen molar-refractivity contribution in [3.63, 3.8) is 0 Å². The SMILES string of the molecule is O=C(c1ccc2ncn(S(=O)(=O)C(F)(F)F)c2c1)N1CCC[C@@H]2c3cc(OS(=O)(=O)C(F)(F)F)ccc3C[C@@H]21. The van der Waals surface area contributed by atoms with Gasteiger partial charge in [0.2, 0.25) is 0 Å². The molecule has 1 fully saturated rings.